The average molecular weight is 753 g/mol. The summed E-state index contributed by atoms with van der Waals surface area (Å²) in [5, 5.41) is 37.3. The van der Waals surface area contributed by atoms with Gasteiger partial charge in [0.05, 0.1) is 49.3 Å². The Morgan fingerprint density at radius 2 is 1.64 bits per heavy atom. The van der Waals surface area contributed by atoms with Gasteiger partial charge in [0.1, 0.15) is 29.7 Å². The van der Waals surface area contributed by atoms with Crippen LogP contribution in [0.3, 0.4) is 0 Å². The quantitative estimate of drug-likeness (QED) is 0.271. The lowest BCUT2D eigenvalue weighted by atomic mass is 9.78. The molecule has 2 heterocycles. The molecule has 53 heavy (non-hydrogen) atoms. The van der Waals surface area contributed by atoms with Gasteiger partial charge < -0.3 is 54.0 Å². The van der Waals surface area contributed by atoms with E-state index >= 15 is 0 Å². The fourth-order valence-electron chi connectivity index (χ4n) is 7.75. The van der Waals surface area contributed by atoms with E-state index < -0.39 is 89.7 Å². The minimum absolute atomic E-state index is 0.111. The molecule has 1 aromatic carbocycles. The van der Waals surface area contributed by atoms with Crippen molar-refractivity contribution in [3.63, 3.8) is 0 Å². The maximum atomic E-state index is 14.1. The highest BCUT2D eigenvalue weighted by molar-refractivity contribution is 5.79. The van der Waals surface area contributed by atoms with Gasteiger partial charge in [-0.15, -0.1) is 0 Å². The number of nitrogens with one attached hydrogen (secondary N) is 1. The molecule has 0 spiro atoms. The first-order valence-electron chi connectivity index (χ1n) is 18.6. The third-order valence-corrected chi connectivity index (χ3v) is 11.1. The van der Waals surface area contributed by atoms with E-state index in [1.54, 1.807) is 66.0 Å². The van der Waals surface area contributed by atoms with Crippen LogP contribution in [0.25, 0.3) is 0 Å². The molecule has 0 unspecified atom stereocenters. The van der Waals surface area contributed by atoms with E-state index in [1.807, 2.05) is 25.9 Å². The van der Waals surface area contributed by atoms with E-state index in [2.05, 4.69) is 5.32 Å². The maximum absolute atomic E-state index is 14.1. The van der Waals surface area contributed by atoms with Crippen molar-refractivity contribution in [2.45, 2.75) is 147 Å². The molecule has 0 aliphatic carbocycles. The summed E-state index contributed by atoms with van der Waals surface area (Å²) in [5.74, 6) is -4.36. The Kier molecular flexibility index (Phi) is 15.7. The van der Waals surface area contributed by atoms with Gasteiger partial charge in [0.2, 0.25) is 5.91 Å². The molecule has 4 N–H and O–H groups in total. The summed E-state index contributed by atoms with van der Waals surface area (Å²) in [5.41, 5.74) is -2.60. The standard InChI is InChI=1S/C39H64N2O12/c1-13-29-39(8,47)33(44)25(6)35(45)40-21(2)20-38(7,49-12)34(53-37-31(43)28(41(9)10)18-22(3)50-37)23(4)32(24(5)36(46)51-29)52-30(42)19-26-14-16-27(48-11)17-15-26/h14-17,21-25,28-29,31-34,37,43-44,47H,13,18-20H2,1-12H3,(H,40,45)/t21-,22-,23+,24-,25-,28+,29-,31-,32+,33-,34-,37+,38-,39-/m1/s1. The van der Waals surface area contributed by atoms with E-state index in [4.69, 9.17) is 28.4 Å². The minimum Gasteiger partial charge on any atom is -0.497 e. The molecule has 0 aromatic heterocycles. The fraction of sp³-hybridized carbons (Fsp3) is 0.769. The lowest BCUT2D eigenvalue weighted by Crippen LogP contribution is -2.60. The maximum Gasteiger partial charge on any atom is 0.312 e. The molecule has 0 saturated carbocycles. The van der Waals surface area contributed by atoms with Gasteiger partial charge in [-0.1, -0.05) is 32.9 Å². The number of hydrogen-bond donors (Lipinski definition) is 4. The van der Waals surface area contributed by atoms with E-state index in [1.165, 1.54) is 21.0 Å². The molecule has 2 fully saturated rings. The van der Waals surface area contributed by atoms with Gasteiger partial charge in [-0.3, -0.25) is 14.4 Å². The van der Waals surface area contributed by atoms with Crippen LogP contribution < -0.4 is 10.1 Å². The number of esters is 2. The van der Waals surface area contributed by atoms with Gasteiger partial charge in [-0.25, -0.2) is 0 Å². The smallest absolute Gasteiger partial charge is 0.312 e. The first-order valence-corrected chi connectivity index (χ1v) is 18.6. The number of carbonyl (C=O) groups is 3. The third kappa shape index (κ3) is 10.7. The summed E-state index contributed by atoms with van der Waals surface area (Å²) in [7, 11) is 6.77. The second-order valence-electron chi connectivity index (χ2n) is 15.7. The van der Waals surface area contributed by atoms with Gasteiger partial charge in [-0.2, -0.15) is 0 Å². The second kappa shape index (κ2) is 18.7. The van der Waals surface area contributed by atoms with Crippen LogP contribution in [-0.2, 0) is 44.5 Å². The van der Waals surface area contributed by atoms with Crippen molar-refractivity contribution >= 4 is 17.8 Å². The first kappa shape index (κ1) is 44.5. The molecule has 302 valence electrons. The van der Waals surface area contributed by atoms with E-state index in [-0.39, 0.29) is 31.4 Å². The van der Waals surface area contributed by atoms with E-state index in [9.17, 15) is 29.7 Å². The molecule has 14 nitrogen and oxygen atoms in total. The monoisotopic (exact) mass is 752 g/mol. The Morgan fingerprint density at radius 3 is 2.19 bits per heavy atom. The lowest BCUT2D eigenvalue weighted by molar-refractivity contribution is -0.301. The SMILES string of the molecule is CC[C@H]1OC(=O)[C@H](C)[C@@H](OC(=O)Cc2ccc(OC)cc2)[C@H](C)[C@@H](O[C@@H]2O[C@H](C)C[C@H](N(C)C)[C@H]2O)[C@](C)(OC)C[C@@H](C)NC(=O)[C@H](C)[C@@H](O)[C@]1(C)O. The highest BCUT2D eigenvalue weighted by atomic mass is 16.7. The fourth-order valence-corrected chi connectivity index (χ4v) is 7.75. The average Bonchev–Trinajstić information content (AvgIpc) is 3.11. The number of likely N-dealkylation sites (N-methyl/N-ethyl adjacent to an activating group) is 1. The molecule has 2 aliphatic heterocycles. The zero-order chi connectivity index (χ0) is 40.0. The van der Waals surface area contributed by atoms with Crippen LogP contribution in [-0.4, -0.2) is 133 Å². The molecule has 2 saturated heterocycles. The zero-order valence-corrected chi connectivity index (χ0v) is 33.5. The number of methoxy groups -OCH3 is 2. The Bertz CT molecular complexity index is 1360. The molecule has 14 heteroatoms. The third-order valence-electron chi connectivity index (χ3n) is 11.1. The first-order chi connectivity index (χ1) is 24.7. The predicted molar refractivity (Wildman–Crippen MR) is 196 cm³/mol. The summed E-state index contributed by atoms with van der Waals surface area (Å²) in [6.45, 7) is 13.3. The summed E-state index contributed by atoms with van der Waals surface area (Å²) < 4.78 is 36.5. The van der Waals surface area contributed by atoms with E-state index in [0.717, 1.165) is 0 Å². The molecule has 0 radical (unpaired) electrons. The van der Waals surface area contributed by atoms with Crippen molar-refractivity contribution in [2.24, 2.45) is 17.8 Å². The van der Waals surface area contributed by atoms with Crippen molar-refractivity contribution < 1.29 is 58.1 Å². The second-order valence-corrected chi connectivity index (χ2v) is 15.7. The number of aliphatic hydroxyl groups excluding tert-OH is 2. The van der Waals surface area contributed by atoms with Crippen LogP contribution in [0, 0.1) is 17.8 Å². The topological polar surface area (TPSA) is 183 Å². The number of rotatable bonds is 9. The normalized spacial score (nSPS) is 39.3. The van der Waals surface area contributed by atoms with Crippen molar-refractivity contribution in [3.8, 4) is 5.75 Å². The van der Waals surface area contributed by atoms with Gasteiger partial charge in [-0.05, 0) is 85.7 Å². The van der Waals surface area contributed by atoms with Crippen LogP contribution >= 0.6 is 0 Å². The molecule has 14 atom stereocenters. The van der Waals surface area contributed by atoms with Crippen molar-refractivity contribution in [2.75, 3.05) is 28.3 Å². The summed E-state index contributed by atoms with van der Waals surface area (Å²) in [6, 6.07) is 6.08. The van der Waals surface area contributed by atoms with Gasteiger partial charge >= 0.3 is 11.9 Å². The number of aliphatic hydroxyl groups is 3. The number of hydrogen-bond acceptors (Lipinski definition) is 13. The van der Waals surface area contributed by atoms with E-state index in [0.29, 0.717) is 17.7 Å². The Hall–Kier alpha value is -2.85. The minimum atomic E-state index is -2.02. The van der Waals surface area contributed by atoms with Gasteiger partial charge in [0.15, 0.2) is 6.29 Å². The molecule has 2 aliphatic rings. The molecule has 3 rings (SSSR count). The molecule has 0 bridgehead atoms. The van der Waals surface area contributed by atoms with Gasteiger partial charge in [0.25, 0.3) is 0 Å². The molecular formula is C39H64N2O12. The lowest BCUT2D eigenvalue weighted by Gasteiger charge is -2.48. The van der Waals surface area contributed by atoms with Crippen molar-refractivity contribution in [1.29, 1.82) is 0 Å². The Morgan fingerprint density at radius 1 is 1.02 bits per heavy atom. The Labute approximate surface area is 314 Å². The number of nitrogens with zero attached hydrogens (tertiary/aromatic N) is 1. The number of amides is 1. The van der Waals surface area contributed by atoms with Crippen molar-refractivity contribution in [3.05, 3.63) is 29.8 Å². The Balaban J connectivity index is 2.17. The van der Waals surface area contributed by atoms with Crippen molar-refractivity contribution in [1.82, 2.24) is 10.2 Å². The largest absolute Gasteiger partial charge is 0.497 e. The summed E-state index contributed by atoms with van der Waals surface area (Å²) >= 11 is 0. The number of cyclic esters (lactones) is 1. The highest BCUT2D eigenvalue weighted by Gasteiger charge is 2.52. The zero-order valence-electron chi connectivity index (χ0n) is 33.5. The molecule has 1 aromatic rings. The summed E-state index contributed by atoms with van der Waals surface area (Å²) in [4.78, 5) is 43.2. The molecule has 1 amide bonds. The highest BCUT2D eigenvalue weighted by Crippen LogP contribution is 2.38. The van der Waals surface area contributed by atoms with Crippen LogP contribution in [0.2, 0.25) is 0 Å². The number of ether oxygens (including phenoxy) is 6. The van der Waals surface area contributed by atoms with Crippen LogP contribution in [0.1, 0.15) is 80.2 Å². The van der Waals surface area contributed by atoms with Crippen LogP contribution in [0.5, 0.6) is 5.75 Å². The number of benzene rings is 1. The summed E-state index contributed by atoms with van der Waals surface area (Å²) in [6.07, 6.45) is -6.79. The van der Waals surface area contributed by atoms with Crippen LogP contribution in [0.4, 0.5) is 0 Å². The van der Waals surface area contributed by atoms with Crippen LogP contribution in [0.15, 0.2) is 24.3 Å². The predicted octanol–water partition coefficient (Wildman–Crippen LogP) is 2.62. The van der Waals surface area contributed by atoms with Gasteiger partial charge in [0, 0.05) is 25.1 Å². The number of carbonyl (C=O) groups excluding carboxylic acids is 3. The molecular weight excluding hydrogens is 688 g/mol.